The summed E-state index contributed by atoms with van der Waals surface area (Å²) < 4.78 is 0. The maximum Gasteiger partial charge on any atom is 0.227 e. The van der Waals surface area contributed by atoms with E-state index in [-0.39, 0.29) is 11.1 Å². The molecule has 0 aliphatic heterocycles. The Hall–Kier alpha value is -1.84. The molecule has 30 heavy (non-hydrogen) atoms. The quantitative estimate of drug-likeness (QED) is 0.145. The van der Waals surface area contributed by atoms with Gasteiger partial charge in [0.1, 0.15) is 0 Å². The predicted octanol–water partition coefficient (Wildman–Crippen LogP) is 7.60. The van der Waals surface area contributed by atoms with E-state index >= 15 is 0 Å². The molecule has 0 aromatic rings. The molecule has 1 aliphatic rings. The van der Waals surface area contributed by atoms with Crippen molar-refractivity contribution in [1.29, 1.82) is 0 Å². The molecule has 0 fully saturated rings. The van der Waals surface area contributed by atoms with E-state index in [2.05, 4.69) is 19.1 Å². The lowest BCUT2D eigenvalue weighted by Crippen LogP contribution is -2.22. The van der Waals surface area contributed by atoms with Crippen LogP contribution in [-0.4, -0.2) is 21.8 Å². The van der Waals surface area contributed by atoms with Crippen molar-refractivity contribution in [2.24, 2.45) is 0 Å². The van der Waals surface area contributed by atoms with Crippen molar-refractivity contribution in [3.05, 3.63) is 34.8 Å². The average Bonchev–Trinajstić information content (AvgIpc) is 2.75. The van der Waals surface area contributed by atoms with Crippen molar-refractivity contribution in [1.82, 2.24) is 0 Å². The normalized spacial score (nSPS) is 15.1. The van der Waals surface area contributed by atoms with Crippen molar-refractivity contribution in [3.8, 4) is 0 Å². The molecule has 0 saturated carbocycles. The third-order valence-electron chi connectivity index (χ3n) is 5.87. The first-order chi connectivity index (χ1) is 14.5. The predicted molar refractivity (Wildman–Crippen MR) is 124 cm³/mol. The van der Waals surface area contributed by atoms with E-state index in [1.54, 1.807) is 0 Å². The first-order valence-corrected chi connectivity index (χ1v) is 12.1. The molecule has 1 rings (SSSR count). The highest BCUT2D eigenvalue weighted by molar-refractivity contribution is 6.22. The molecule has 0 spiro atoms. The van der Waals surface area contributed by atoms with Gasteiger partial charge in [-0.3, -0.25) is 9.59 Å². The van der Waals surface area contributed by atoms with Crippen molar-refractivity contribution < 1.29 is 19.8 Å². The van der Waals surface area contributed by atoms with Crippen molar-refractivity contribution in [2.45, 2.75) is 117 Å². The number of ketones is 2. The van der Waals surface area contributed by atoms with Gasteiger partial charge in [0, 0.05) is 11.1 Å². The zero-order valence-corrected chi connectivity index (χ0v) is 19.2. The standard InChI is InChI=1S/C26H42O4/c1-3-4-5-6-7-8-9-10-11-12-13-14-15-16-17-18-19-20-22-25(29)23(27)21(2)24(28)26(22)30/h6-7,27,30H,3-5,8-20H2,1-2H3/b7-6-. The van der Waals surface area contributed by atoms with Crippen LogP contribution in [0, 0.1) is 0 Å². The first kappa shape index (κ1) is 26.2. The van der Waals surface area contributed by atoms with Crippen molar-refractivity contribution in [2.75, 3.05) is 0 Å². The van der Waals surface area contributed by atoms with Gasteiger partial charge in [-0.25, -0.2) is 0 Å². The molecular weight excluding hydrogens is 376 g/mol. The van der Waals surface area contributed by atoms with E-state index in [4.69, 9.17) is 0 Å². The molecule has 0 unspecified atom stereocenters. The molecule has 0 aromatic carbocycles. The summed E-state index contributed by atoms with van der Waals surface area (Å²) in [6.45, 7) is 3.59. The Labute approximate surface area is 183 Å². The minimum Gasteiger partial charge on any atom is -0.504 e. The SMILES string of the molecule is CCCC/C=C\CCCCCCCCCCCCCC1=C(O)C(=O)C(C)=C(O)C1=O. The maximum absolute atomic E-state index is 12.0. The van der Waals surface area contributed by atoms with Gasteiger partial charge in [-0.15, -0.1) is 0 Å². The Bertz CT molecular complexity index is 625. The number of hydrogen-bond donors (Lipinski definition) is 2. The van der Waals surface area contributed by atoms with Gasteiger partial charge in [0.05, 0.1) is 0 Å². The van der Waals surface area contributed by atoms with Crippen LogP contribution in [0.4, 0.5) is 0 Å². The molecule has 4 heteroatoms. The highest BCUT2D eigenvalue weighted by atomic mass is 16.3. The molecule has 1 aliphatic carbocycles. The van der Waals surface area contributed by atoms with Gasteiger partial charge in [-0.1, -0.05) is 89.7 Å². The Balaban J connectivity index is 1.95. The number of allylic oxidation sites excluding steroid dienone is 4. The first-order valence-electron chi connectivity index (χ1n) is 12.1. The van der Waals surface area contributed by atoms with Crippen LogP contribution in [0.3, 0.4) is 0 Å². The molecule has 0 amide bonds. The van der Waals surface area contributed by atoms with Crippen LogP contribution < -0.4 is 0 Å². The topological polar surface area (TPSA) is 74.6 Å². The van der Waals surface area contributed by atoms with E-state index in [9.17, 15) is 19.8 Å². The van der Waals surface area contributed by atoms with Crippen molar-refractivity contribution >= 4 is 11.6 Å². The van der Waals surface area contributed by atoms with Gasteiger partial charge in [-0.2, -0.15) is 0 Å². The summed E-state index contributed by atoms with van der Waals surface area (Å²) in [6.07, 6.45) is 23.2. The summed E-state index contributed by atoms with van der Waals surface area (Å²) in [4.78, 5) is 23.8. The smallest absolute Gasteiger partial charge is 0.227 e. The number of aliphatic hydroxyl groups excluding tert-OH is 2. The maximum atomic E-state index is 12.0. The summed E-state index contributed by atoms with van der Waals surface area (Å²) in [5, 5.41) is 19.6. The van der Waals surface area contributed by atoms with Gasteiger partial charge in [0.2, 0.25) is 11.6 Å². The van der Waals surface area contributed by atoms with Gasteiger partial charge >= 0.3 is 0 Å². The Morgan fingerprint density at radius 2 is 1.10 bits per heavy atom. The Kier molecular flexibility index (Phi) is 13.9. The second-order valence-corrected chi connectivity index (χ2v) is 8.50. The summed E-state index contributed by atoms with van der Waals surface area (Å²) in [6, 6.07) is 0. The number of aliphatic hydroxyl groups is 2. The lowest BCUT2D eigenvalue weighted by atomic mass is 9.91. The summed E-state index contributed by atoms with van der Waals surface area (Å²) in [7, 11) is 0. The molecule has 2 N–H and O–H groups in total. The molecule has 0 atom stereocenters. The largest absolute Gasteiger partial charge is 0.504 e. The molecular formula is C26H42O4. The van der Waals surface area contributed by atoms with E-state index in [0.717, 1.165) is 19.3 Å². The number of carbonyl (C=O) groups is 2. The van der Waals surface area contributed by atoms with Gasteiger partial charge in [-0.05, 0) is 39.0 Å². The molecule has 0 aromatic heterocycles. The lowest BCUT2D eigenvalue weighted by Gasteiger charge is -2.15. The number of carbonyl (C=O) groups excluding carboxylic acids is 2. The molecule has 0 bridgehead atoms. The molecule has 0 radical (unpaired) electrons. The van der Waals surface area contributed by atoms with Gasteiger partial charge in [0.15, 0.2) is 11.5 Å². The second-order valence-electron chi connectivity index (χ2n) is 8.50. The summed E-state index contributed by atoms with van der Waals surface area (Å²) >= 11 is 0. The zero-order valence-electron chi connectivity index (χ0n) is 19.2. The van der Waals surface area contributed by atoms with Crippen LogP contribution in [0.1, 0.15) is 117 Å². The van der Waals surface area contributed by atoms with E-state index in [1.165, 1.54) is 84.0 Å². The number of hydrogen-bond acceptors (Lipinski definition) is 4. The Morgan fingerprint density at radius 3 is 1.63 bits per heavy atom. The molecule has 0 saturated heterocycles. The number of rotatable bonds is 17. The van der Waals surface area contributed by atoms with Crippen LogP contribution in [0.15, 0.2) is 34.8 Å². The van der Waals surface area contributed by atoms with E-state index < -0.39 is 23.1 Å². The van der Waals surface area contributed by atoms with Crippen LogP contribution in [0.25, 0.3) is 0 Å². The minimum absolute atomic E-state index is 0.0690. The summed E-state index contributed by atoms with van der Waals surface area (Å²) in [5.74, 6) is -2.23. The van der Waals surface area contributed by atoms with Crippen molar-refractivity contribution in [3.63, 3.8) is 0 Å². The summed E-state index contributed by atoms with van der Waals surface area (Å²) in [5.41, 5.74) is 0.0000430. The second kappa shape index (κ2) is 15.9. The van der Waals surface area contributed by atoms with E-state index in [1.807, 2.05) is 0 Å². The molecule has 170 valence electrons. The van der Waals surface area contributed by atoms with E-state index in [0.29, 0.717) is 6.42 Å². The number of Topliss-reactive ketones (excluding diaryl/α,β-unsaturated/α-hetero) is 2. The highest BCUT2D eigenvalue weighted by Crippen LogP contribution is 2.25. The van der Waals surface area contributed by atoms with Gasteiger partial charge < -0.3 is 10.2 Å². The average molecular weight is 419 g/mol. The number of unbranched alkanes of at least 4 members (excludes halogenated alkanes) is 13. The van der Waals surface area contributed by atoms with Crippen LogP contribution in [0.5, 0.6) is 0 Å². The lowest BCUT2D eigenvalue weighted by molar-refractivity contribution is -0.120. The third-order valence-corrected chi connectivity index (χ3v) is 5.87. The third kappa shape index (κ3) is 9.77. The van der Waals surface area contributed by atoms with Crippen LogP contribution >= 0.6 is 0 Å². The molecule has 0 heterocycles. The minimum atomic E-state index is -0.634. The van der Waals surface area contributed by atoms with Crippen LogP contribution in [0.2, 0.25) is 0 Å². The fourth-order valence-electron chi connectivity index (χ4n) is 3.79. The monoisotopic (exact) mass is 418 g/mol. The Morgan fingerprint density at radius 1 is 0.633 bits per heavy atom. The fraction of sp³-hybridized carbons (Fsp3) is 0.692. The fourth-order valence-corrected chi connectivity index (χ4v) is 3.79. The molecule has 4 nitrogen and oxygen atoms in total. The van der Waals surface area contributed by atoms with Crippen LogP contribution in [-0.2, 0) is 9.59 Å². The van der Waals surface area contributed by atoms with Gasteiger partial charge in [0.25, 0.3) is 0 Å². The zero-order chi connectivity index (χ0) is 22.2. The highest BCUT2D eigenvalue weighted by Gasteiger charge is 2.31.